The first-order valence-electron chi connectivity index (χ1n) is 6.05. The Kier molecular flexibility index (Phi) is 4.75. The summed E-state index contributed by atoms with van der Waals surface area (Å²) in [5, 5.41) is 15.7. The maximum atomic E-state index is 11.9. The SMILES string of the molecule is O=C(O)C1CN(C(=O)NCCc2ccsc2)CCO1. The molecule has 1 unspecified atom stereocenters. The predicted molar refractivity (Wildman–Crippen MR) is 70.4 cm³/mol. The smallest absolute Gasteiger partial charge is 0.334 e. The molecule has 1 atom stereocenters. The second-order valence-electron chi connectivity index (χ2n) is 4.26. The fraction of sp³-hybridized carbons (Fsp3) is 0.500. The first-order chi connectivity index (χ1) is 9.16. The summed E-state index contributed by atoms with van der Waals surface area (Å²) in [4.78, 5) is 24.2. The number of carboxylic acid groups (broad SMARTS) is 1. The van der Waals surface area contributed by atoms with Crippen molar-refractivity contribution >= 4 is 23.3 Å². The van der Waals surface area contributed by atoms with Gasteiger partial charge in [-0.3, -0.25) is 0 Å². The van der Waals surface area contributed by atoms with Crippen molar-refractivity contribution in [1.82, 2.24) is 10.2 Å². The normalized spacial score (nSPS) is 19.2. The Bertz CT molecular complexity index is 435. The summed E-state index contributed by atoms with van der Waals surface area (Å²) in [5.74, 6) is -1.03. The number of carbonyl (C=O) groups is 2. The number of thiophene rings is 1. The lowest BCUT2D eigenvalue weighted by Gasteiger charge is -2.30. The van der Waals surface area contributed by atoms with Gasteiger partial charge >= 0.3 is 12.0 Å². The van der Waals surface area contributed by atoms with Crippen molar-refractivity contribution in [3.63, 3.8) is 0 Å². The van der Waals surface area contributed by atoms with Crippen molar-refractivity contribution in [3.8, 4) is 0 Å². The van der Waals surface area contributed by atoms with Crippen LogP contribution in [0.3, 0.4) is 0 Å². The summed E-state index contributed by atoms with van der Waals surface area (Å²) in [6.07, 6.45) is -0.140. The number of carboxylic acids is 1. The van der Waals surface area contributed by atoms with Gasteiger partial charge in [-0.1, -0.05) is 0 Å². The van der Waals surface area contributed by atoms with Gasteiger partial charge in [0.25, 0.3) is 0 Å². The second kappa shape index (κ2) is 6.53. The molecule has 19 heavy (non-hydrogen) atoms. The highest BCUT2D eigenvalue weighted by atomic mass is 32.1. The average Bonchev–Trinajstić information content (AvgIpc) is 2.92. The third kappa shape index (κ3) is 3.93. The summed E-state index contributed by atoms with van der Waals surface area (Å²) < 4.78 is 5.06. The Morgan fingerprint density at radius 2 is 2.42 bits per heavy atom. The molecule has 1 saturated heterocycles. The predicted octanol–water partition coefficient (Wildman–Crippen LogP) is 0.786. The van der Waals surface area contributed by atoms with Gasteiger partial charge in [0.05, 0.1) is 13.2 Å². The molecule has 2 N–H and O–H groups in total. The van der Waals surface area contributed by atoms with E-state index in [4.69, 9.17) is 9.84 Å². The number of amides is 2. The fourth-order valence-electron chi connectivity index (χ4n) is 1.84. The van der Waals surface area contributed by atoms with Crippen LogP contribution < -0.4 is 5.32 Å². The van der Waals surface area contributed by atoms with E-state index in [-0.39, 0.29) is 19.2 Å². The quantitative estimate of drug-likeness (QED) is 0.856. The molecule has 0 bridgehead atoms. The van der Waals surface area contributed by atoms with Crippen LogP contribution in [-0.2, 0) is 16.0 Å². The number of morpholine rings is 1. The molecule has 1 aliphatic rings. The number of hydrogen-bond acceptors (Lipinski definition) is 4. The number of ether oxygens (including phenoxy) is 1. The minimum atomic E-state index is -1.03. The van der Waals surface area contributed by atoms with Crippen molar-refractivity contribution in [2.45, 2.75) is 12.5 Å². The number of hydrogen-bond donors (Lipinski definition) is 2. The zero-order valence-electron chi connectivity index (χ0n) is 10.4. The van der Waals surface area contributed by atoms with E-state index in [1.165, 1.54) is 10.5 Å². The minimum absolute atomic E-state index is 0.0968. The van der Waals surface area contributed by atoms with Gasteiger partial charge in [-0.2, -0.15) is 11.3 Å². The molecule has 2 rings (SSSR count). The fourth-order valence-corrected chi connectivity index (χ4v) is 2.55. The molecule has 0 radical (unpaired) electrons. The van der Waals surface area contributed by atoms with Crippen molar-refractivity contribution in [1.29, 1.82) is 0 Å². The number of nitrogens with one attached hydrogen (secondary N) is 1. The van der Waals surface area contributed by atoms with Crippen LogP contribution >= 0.6 is 11.3 Å². The second-order valence-corrected chi connectivity index (χ2v) is 5.04. The van der Waals surface area contributed by atoms with Crippen LogP contribution in [0.4, 0.5) is 4.79 Å². The van der Waals surface area contributed by atoms with Crippen molar-refractivity contribution < 1.29 is 19.4 Å². The standard InChI is InChI=1S/C12H16N2O4S/c15-11(16)10-7-14(4-5-18-10)12(17)13-3-1-9-2-6-19-8-9/h2,6,8,10H,1,3-5,7H2,(H,13,17)(H,15,16). The lowest BCUT2D eigenvalue weighted by molar-refractivity contribution is -0.154. The van der Waals surface area contributed by atoms with E-state index in [1.54, 1.807) is 11.3 Å². The summed E-state index contributed by atoms with van der Waals surface area (Å²) in [6.45, 7) is 1.33. The molecule has 2 heterocycles. The van der Waals surface area contributed by atoms with E-state index >= 15 is 0 Å². The number of nitrogens with zero attached hydrogens (tertiary/aromatic N) is 1. The molecule has 2 amide bonds. The number of aliphatic carboxylic acids is 1. The summed E-state index contributed by atoms with van der Waals surface area (Å²) in [7, 11) is 0. The lowest BCUT2D eigenvalue weighted by Crippen LogP contribution is -2.52. The Morgan fingerprint density at radius 3 is 3.11 bits per heavy atom. The van der Waals surface area contributed by atoms with Gasteiger partial charge in [0.15, 0.2) is 6.10 Å². The van der Waals surface area contributed by atoms with Crippen molar-refractivity contribution in [3.05, 3.63) is 22.4 Å². The first-order valence-corrected chi connectivity index (χ1v) is 6.99. The number of urea groups is 1. The Labute approximate surface area is 115 Å². The molecule has 1 aromatic rings. The van der Waals surface area contributed by atoms with Gasteiger partial charge in [0, 0.05) is 13.1 Å². The molecule has 104 valence electrons. The van der Waals surface area contributed by atoms with Crippen LogP contribution in [0.25, 0.3) is 0 Å². The Balaban J connectivity index is 1.74. The summed E-state index contributed by atoms with van der Waals surface area (Å²) in [6, 6.07) is 1.79. The Morgan fingerprint density at radius 1 is 1.58 bits per heavy atom. The van der Waals surface area contributed by atoms with Crippen LogP contribution in [0.2, 0.25) is 0 Å². The van der Waals surface area contributed by atoms with Crippen molar-refractivity contribution in [2.75, 3.05) is 26.2 Å². The van der Waals surface area contributed by atoms with Crippen LogP contribution in [0.15, 0.2) is 16.8 Å². The molecule has 1 aliphatic heterocycles. The molecule has 0 aliphatic carbocycles. The van der Waals surface area contributed by atoms with Gasteiger partial charge in [-0.25, -0.2) is 9.59 Å². The zero-order valence-corrected chi connectivity index (χ0v) is 11.2. The van der Waals surface area contributed by atoms with E-state index in [1.807, 2.05) is 16.8 Å². The van der Waals surface area contributed by atoms with Crippen LogP contribution in [0, 0.1) is 0 Å². The van der Waals surface area contributed by atoms with Crippen LogP contribution in [-0.4, -0.2) is 54.4 Å². The monoisotopic (exact) mass is 284 g/mol. The molecular weight excluding hydrogens is 268 g/mol. The van der Waals surface area contributed by atoms with E-state index in [9.17, 15) is 9.59 Å². The summed E-state index contributed by atoms with van der Waals surface area (Å²) in [5.41, 5.74) is 1.19. The number of rotatable bonds is 4. The molecule has 0 spiro atoms. The third-order valence-corrected chi connectivity index (χ3v) is 3.63. The van der Waals surface area contributed by atoms with Crippen molar-refractivity contribution in [2.24, 2.45) is 0 Å². The van der Waals surface area contributed by atoms with Gasteiger partial charge < -0.3 is 20.1 Å². The van der Waals surface area contributed by atoms with Gasteiger partial charge in [0.2, 0.25) is 0 Å². The molecule has 1 fully saturated rings. The zero-order chi connectivity index (χ0) is 13.7. The molecule has 1 aromatic heterocycles. The molecular formula is C12H16N2O4S. The molecule has 0 aromatic carbocycles. The average molecular weight is 284 g/mol. The van der Waals surface area contributed by atoms with Crippen LogP contribution in [0.1, 0.15) is 5.56 Å². The topological polar surface area (TPSA) is 78.9 Å². The highest BCUT2D eigenvalue weighted by Crippen LogP contribution is 2.07. The first kappa shape index (κ1) is 13.8. The maximum absolute atomic E-state index is 11.9. The lowest BCUT2D eigenvalue weighted by atomic mass is 10.2. The molecule has 0 saturated carbocycles. The van der Waals surface area contributed by atoms with Gasteiger partial charge in [-0.15, -0.1) is 0 Å². The highest BCUT2D eigenvalue weighted by Gasteiger charge is 2.28. The summed E-state index contributed by atoms with van der Waals surface area (Å²) >= 11 is 1.63. The minimum Gasteiger partial charge on any atom is -0.479 e. The largest absolute Gasteiger partial charge is 0.479 e. The number of carbonyl (C=O) groups excluding carboxylic acids is 1. The van der Waals surface area contributed by atoms with Crippen LogP contribution in [0.5, 0.6) is 0 Å². The van der Waals surface area contributed by atoms with E-state index < -0.39 is 12.1 Å². The van der Waals surface area contributed by atoms with Gasteiger partial charge in [-0.05, 0) is 28.8 Å². The van der Waals surface area contributed by atoms with E-state index in [0.717, 1.165) is 6.42 Å². The third-order valence-electron chi connectivity index (χ3n) is 2.90. The maximum Gasteiger partial charge on any atom is 0.334 e. The Hall–Kier alpha value is -1.60. The molecule has 7 heteroatoms. The van der Waals surface area contributed by atoms with Gasteiger partial charge in [0.1, 0.15) is 0 Å². The molecule has 6 nitrogen and oxygen atoms in total. The van der Waals surface area contributed by atoms with E-state index in [2.05, 4.69) is 5.32 Å². The van der Waals surface area contributed by atoms with E-state index in [0.29, 0.717) is 13.1 Å². The highest BCUT2D eigenvalue weighted by molar-refractivity contribution is 7.07.